The Balaban J connectivity index is 1.59. The van der Waals surface area contributed by atoms with E-state index in [1.807, 2.05) is 17.0 Å². The van der Waals surface area contributed by atoms with Crippen LogP contribution in [0.15, 0.2) is 54.9 Å². The van der Waals surface area contributed by atoms with Crippen molar-refractivity contribution in [2.75, 3.05) is 6.54 Å². The van der Waals surface area contributed by atoms with Crippen molar-refractivity contribution in [1.82, 2.24) is 20.1 Å². The van der Waals surface area contributed by atoms with Crippen LogP contribution in [0.5, 0.6) is 0 Å². The van der Waals surface area contributed by atoms with Crippen molar-refractivity contribution < 1.29 is 9.18 Å². The van der Waals surface area contributed by atoms with Crippen molar-refractivity contribution in [3.8, 4) is 11.3 Å². The summed E-state index contributed by atoms with van der Waals surface area (Å²) in [4.78, 5) is 18.9. The highest BCUT2D eigenvalue weighted by Gasteiger charge is 2.29. The molecule has 1 aliphatic rings. The second kappa shape index (κ2) is 7.07. The molecular weight excluding hydrogens is 331 g/mol. The predicted octanol–water partition coefficient (Wildman–Crippen LogP) is 3.98. The first kappa shape index (κ1) is 16.4. The number of carbonyl (C=O) groups excluding carboxylic acids is 1. The summed E-state index contributed by atoms with van der Waals surface area (Å²) < 4.78 is 13.2. The minimum atomic E-state index is -0.266. The Bertz CT molecular complexity index is 892. The number of likely N-dealkylation sites (tertiary alicyclic amines) is 1. The molecule has 4 rings (SSSR count). The highest BCUT2D eigenvalue weighted by atomic mass is 19.1. The van der Waals surface area contributed by atoms with E-state index in [1.54, 1.807) is 30.6 Å². The molecule has 1 amide bonds. The summed E-state index contributed by atoms with van der Waals surface area (Å²) in [7, 11) is 0. The molecule has 0 spiro atoms. The van der Waals surface area contributed by atoms with E-state index in [-0.39, 0.29) is 17.8 Å². The fraction of sp³-hybridized carbons (Fsp3) is 0.250. The number of benzene rings is 1. The summed E-state index contributed by atoms with van der Waals surface area (Å²) in [5.74, 6) is -0.343. The number of amides is 1. The lowest BCUT2D eigenvalue weighted by Crippen LogP contribution is -2.38. The average Bonchev–Trinajstić information content (AvgIpc) is 3.19. The van der Waals surface area contributed by atoms with E-state index in [0.717, 1.165) is 30.4 Å². The molecule has 5 nitrogen and oxygen atoms in total. The van der Waals surface area contributed by atoms with Crippen LogP contribution in [-0.4, -0.2) is 32.5 Å². The van der Waals surface area contributed by atoms with Crippen LogP contribution in [0, 0.1) is 5.82 Å². The molecule has 1 atom stereocenters. The molecule has 0 saturated carbocycles. The average molecular weight is 350 g/mol. The number of halogens is 1. The van der Waals surface area contributed by atoms with Gasteiger partial charge in [-0.05, 0) is 55.2 Å². The van der Waals surface area contributed by atoms with E-state index in [4.69, 9.17) is 0 Å². The normalized spacial score (nSPS) is 17.3. The number of piperidine rings is 1. The van der Waals surface area contributed by atoms with Crippen LogP contribution in [0.3, 0.4) is 0 Å². The molecule has 1 fully saturated rings. The molecule has 0 aliphatic carbocycles. The summed E-state index contributed by atoms with van der Waals surface area (Å²) in [6.45, 7) is 0.685. The van der Waals surface area contributed by atoms with Gasteiger partial charge in [-0.3, -0.25) is 14.9 Å². The van der Waals surface area contributed by atoms with E-state index in [1.165, 1.54) is 12.1 Å². The van der Waals surface area contributed by atoms with Gasteiger partial charge in [0.25, 0.3) is 5.91 Å². The number of hydrogen-bond acceptors (Lipinski definition) is 3. The number of nitrogens with zero attached hydrogens (tertiary/aromatic N) is 3. The van der Waals surface area contributed by atoms with Crippen LogP contribution in [0.1, 0.15) is 41.4 Å². The lowest BCUT2D eigenvalue weighted by Gasteiger charge is -2.35. The molecule has 0 bridgehead atoms. The number of pyridine rings is 1. The van der Waals surface area contributed by atoms with Gasteiger partial charge in [-0.15, -0.1) is 0 Å². The Morgan fingerprint density at radius 1 is 1.12 bits per heavy atom. The zero-order valence-corrected chi connectivity index (χ0v) is 14.2. The molecule has 1 aliphatic heterocycles. The van der Waals surface area contributed by atoms with E-state index < -0.39 is 0 Å². The molecule has 1 aromatic carbocycles. The largest absolute Gasteiger partial charge is 0.330 e. The Morgan fingerprint density at radius 3 is 2.65 bits per heavy atom. The van der Waals surface area contributed by atoms with Crippen molar-refractivity contribution in [2.24, 2.45) is 0 Å². The molecule has 26 heavy (non-hydrogen) atoms. The Kier molecular flexibility index (Phi) is 4.48. The van der Waals surface area contributed by atoms with Crippen molar-refractivity contribution >= 4 is 5.91 Å². The number of aromatic nitrogens is 3. The highest BCUT2D eigenvalue weighted by molar-refractivity contribution is 5.93. The molecule has 1 saturated heterocycles. The quantitative estimate of drug-likeness (QED) is 0.777. The maximum absolute atomic E-state index is 13.2. The summed E-state index contributed by atoms with van der Waals surface area (Å²) >= 11 is 0. The Hall–Kier alpha value is -3.02. The highest BCUT2D eigenvalue weighted by Crippen LogP contribution is 2.32. The van der Waals surface area contributed by atoms with Crippen molar-refractivity contribution in [3.63, 3.8) is 0 Å². The standard InChI is InChI=1S/C20H19FN4O/c21-16-6-4-15(5-7-16)19-3-1-2-12-25(19)20(26)18-13-17(23-24-18)14-8-10-22-11-9-14/h4-11,13,19H,1-3,12H2,(H,23,24)/t19-/m0/s1. The minimum absolute atomic E-state index is 0.0375. The molecule has 1 N–H and O–H groups in total. The summed E-state index contributed by atoms with van der Waals surface area (Å²) in [6.07, 6.45) is 6.29. The summed E-state index contributed by atoms with van der Waals surface area (Å²) in [5, 5.41) is 7.12. The maximum Gasteiger partial charge on any atom is 0.272 e. The van der Waals surface area contributed by atoms with Gasteiger partial charge >= 0.3 is 0 Å². The number of aromatic amines is 1. The van der Waals surface area contributed by atoms with Gasteiger partial charge in [0.1, 0.15) is 11.5 Å². The van der Waals surface area contributed by atoms with Gasteiger partial charge in [0.2, 0.25) is 0 Å². The van der Waals surface area contributed by atoms with E-state index in [2.05, 4.69) is 15.2 Å². The van der Waals surface area contributed by atoms with Gasteiger partial charge in [-0.1, -0.05) is 12.1 Å². The molecule has 132 valence electrons. The minimum Gasteiger partial charge on any atom is -0.330 e. The van der Waals surface area contributed by atoms with Crippen molar-refractivity contribution in [3.05, 3.63) is 71.9 Å². The number of hydrogen-bond donors (Lipinski definition) is 1. The van der Waals surface area contributed by atoms with Crippen LogP contribution >= 0.6 is 0 Å². The maximum atomic E-state index is 13.2. The summed E-state index contributed by atoms with van der Waals surface area (Å²) in [6, 6.07) is 11.9. The first-order chi connectivity index (χ1) is 12.7. The Labute approximate surface area is 150 Å². The second-order valence-corrected chi connectivity index (χ2v) is 6.46. The van der Waals surface area contributed by atoms with Gasteiger partial charge in [0.05, 0.1) is 11.7 Å². The topological polar surface area (TPSA) is 61.9 Å². The van der Waals surface area contributed by atoms with Gasteiger partial charge in [0, 0.05) is 24.5 Å². The number of H-pyrrole nitrogens is 1. The summed E-state index contributed by atoms with van der Waals surface area (Å²) in [5.41, 5.74) is 3.05. The number of nitrogens with one attached hydrogen (secondary N) is 1. The lowest BCUT2D eigenvalue weighted by atomic mass is 9.95. The van der Waals surface area contributed by atoms with E-state index in [9.17, 15) is 9.18 Å². The smallest absolute Gasteiger partial charge is 0.272 e. The van der Waals surface area contributed by atoms with Crippen molar-refractivity contribution in [2.45, 2.75) is 25.3 Å². The molecule has 3 heterocycles. The molecule has 0 unspecified atom stereocenters. The van der Waals surface area contributed by atoms with Crippen LogP contribution in [0.25, 0.3) is 11.3 Å². The van der Waals surface area contributed by atoms with Crippen LogP contribution in [0.2, 0.25) is 0 Å². The van der Waals surface area contributed by atoms with Gasteiger partial charge in [-0.25, -0.2) is 4.39 Å². The zero-order chi connectivity index (χ0) is 17.9. The predicted molar refractivity (Wildman–Crippen MR) is 95.8 cm³/mol. The zero-order valence-electron chi connectivity index (χ0n) is 14.2. The fourth-order valence-electron chi connectivity index (χ4n) is 3.46. The number of carbonyl (C=O) groups is 1. The SMILES string of the molecule is O=C(c1cc(-c2ccncc2)n[nH]1)N1CCCC[C@H]1c1ccc(F)cc1. The number of rotatable bonds is 3. The van der Waals surface area contributed by atoms with Crippen LogP contribution in [0.4, 0.5) is 4.39 Å². The van der Waals surface area contributed by atoms with E-state index >= 15 is 0 Å². The first-order valence-electron chi connectivity index (χ1n) is 8.74. The lowest BCUT2D eigenvalue weighted by molar-refractivity contribution is 0.0605. The third-order valence-electron chi connectivity index (χ3n) is 4.80. The third-order valence-corrected chi connectivity index (χ3v) is 4.80. The second-order valence-electron chi connectivity index (χ2n) is 6.46. The van der Waals surface area contributed by atoms with Gasteiger partial charge < -0.3 is 4.90 Å². The monoisotopic (exact) mass is 350 g/mol. The molecule has 6 heteroatoms. The van der Waals surface area contributed by atoms with Crippen molar-refractivity contribution in [1.29, 1.82) is 0 Å². The van der Waals surface area contributed by atoms with Crippen LogP contribution in [-0.2, 0) is 0 Å². The van der Waals surface area contributed by atoms with E-state index in [0.29, 0.717) is 17.9 Å². The molecule has 2 aromatic heterocycles. The third kappa shape index (κ3) is 3.22. The molecule has 0 radical (unpaired) electrons. The Morgan fingerprint density at radius 2 is 1.88 bits per heavy atom. The fourth-order valence-corrected chi connectivity index (χ4v) is 3.46. The first-order valence-corrected chi connectivity index (χ1v) is 8.74. The molecular formula is C20H19FN4O. The van der Waals surface area contributed by atoms with Crippen LogP contribution < -0.4 is 0 Å². The van der Waals surface area contributed by atoms with Gasteiger partial charge in [-0.2, -0.15) is 5.10 Å². The van der Waals surface area contributed by atoms with Gasteiger partial charge in [0.15, 0.2) is 0 Å². The molecule has 3 aromatic rings.